The van der Waals surface area contributed by atoms with Crippen LogP contribution < -0.4 is 15.2 Å². The lowest BCUT2D eigenvalue weighted by molar-refractivity contribution is -0.120. The Balaban J connectivity index is 3.13. The fraction of sp³-hybridized carbons (Fsp3) is 0.462. The summed E-state index contributed by atoms with van der Waals surface area (Å²) in [6, 6.07) is 4.07. The van der Waals surface area contributed by atoms with Crippen molar-refractivity contribution < 1.29 is 17.9 Å². The van der Waals surface area contributed by atoms with Crippen LogP contribution >= 0.6 is 0 Å². The van der Waals surface area contributed by atoms with E-state index < -0.39 is 10.0 Å². The lowest BCUT2D eigenvalue weighted by atomic mass is 9.97. The van der Waals surface area contributed by atoms with Gasteiger partial charge in [-0.2, -0.15) is 0 Å². The zero-order valence-electron chi connectivity index (χ0n) is 12.0. The first-order valence-corrected chi connectivity index (χ1v) is 7.73. The summed E-state index contributed by atoms with van der Waals surface area (Å²) < 4.78 is 27.8. The molecular weight excluding hydrogens is 280 g/mol. The maximum Gasteiger partial charge on any atom is 0.238 e. The van der Waals surface area contributed by atoms with Crippen LogP contribution in [-0.4, -0.2) is 21.4 Å². The smallest absolute Gasteiger partial charge is 0.238 e. The first-order chi connectivity index (χ1) is 9.16. The molecule has 0 aliphatic heterocycles. The molecule has 0 bridgehead atoms. The molecule has 112 valence electrons. The number of hydrogen-bond acceptors (Lipinski definition) is 4. The predicted molar refractivity (Wildman–Crippen MR) is 77.0 cm³/mol. The van der Waals surface area contributed by atoms with E-state index in [9.17, 15) is 13.2 Å². The van der Waals surface area contributed by atoms with Gasteiger partial charge in [0, 0.05) is 5.92 Å². The second-order valence-electron chi connectivity index (χ2n) is 4.93. The molecule has 1 aromatic rings. The number of carbonyl (C=O) groups is 1. The summed E-state index contributed by atoms with van der Waals surface area (Å²) in [5.74, 6) is 0.131. The van der Waals surface area contributed by atoms with Crippen LogP contribution in [0.25, 0.3) is 0 Å². The van der Waals surface area contributed by atoms with Crippen molar-refractivity contribution in [1.29, 1.82) is 0 Å². The number of benzene rings is 1. The third-order valence-electron chi connectivity index (χ3n) is 3.17. The van der Waals surface area contributed by atoms with Gasteiger partial charge in [0.05, 0.1) is 17.7 Å². The van der Waals surface area contributed by atoms with E-state index in [4.69, 9.17) is 9.88 Å². The Morgan fingerprint density at radius 3 is 2.35 bits per heavy atom. The van der Waals surface area contributed by atoms with Gasteiger partial charge in [-0.3, -0.25) is 4.79 Å². The lowest BCUT2D eigenvalue weighted by Gasteiger charge is -2.17. The fourth-order valence-electron chi connectivity index (χ4n) is 1.51. The summed E-state index contributed by atoms with van der Waals surface area (Å²) in [6.45, 7) is 5.67. The summed E-state index contributed by atoms with van der Waals surface area (Å²) in [4.78, 5) is 12.0. The molecule has 0 radical (unpaired) electrons. The van der Waals surface area contributed by atoms with Crippen LogP contribution in [0.2, 0.25) is 0 Å². The third-order valence-corrected chi connectivity index (χ3v) is 4.08. The van der Waals surface area contributed by atoms with E-state index in [0.29, 0.717) is 5.75 Å². The number of anilines is 1. The van der Waals surface area contributed by atoms with Crippen molar-refractivity contribution >= 4 is 21.6 Å². The van der Waals surface area contributed by atoms with Crippen molar-refractivity contribution in [2.24, 2.45) is 17.0 Å². The van der Waals surface area contributed by atoms with Gasteiger partial charge in [-0.05, 0) is 24.1 Å². The lowest BCUT2D eigenvalue weighted by Crippen LogP contribution is -2.24. The topological polar surface area (TPSA) is 98.5 Å². The molecule has 0 aromatic heterocycles. The highest BCUT2D eigenvalue weighted by atomic mass is 32.2. The number of primary sulfonamides is 1. The Kier molecular flexibility index (Phi) is 5.13. The van der Waals surface area contributed by atoms with Gasteiger partial charge < -0.3 is 10.1 Å². The third kappa shape index (κ3) is 3.94. The average molecular weight is 300 g/mol. The second-order valence-corrected chi connectivity index (χ2v) is 6.49. The minimum Gasteiger partial charge on any atom is -0.495 e. The van der Waals surface area contributed by atoms with E-state index in [1.165, 1.54) is 25.3 Å². The van der Waals surface area contributed by atoms with Crippen molar-refractivity contribution in [3.8, 4) is 5.75 Å². The fourth-order valence-corrected chi connectivity index (χ4v) is 2.05. The molecule has 3 N–H and O–H groups in total. The molecule has 0 aliphatic rings. The molecule has 1 aromatic carbocycles. The van der Waals surface area contributed by atoms with Crippen LogP contribution in [0, 0.1) is 11.8 Å². The van der Waals surface area contributed by atoms with Crippen molar-refractivity contribution in [2.45, 2.75) is 25.7 Å². The minimum absolute atomic E-state index is 0.0780. The van der Waals surface area contributed by atoms with E-state index >= 15 is 0 Å². The van der Waals surface area contributed by atoms with E-state index in [0.717, 1.165) is 0 Å². The normalized spacial score (nSPS) is 13.1. The number of methoxy groups -OCH3 is 1. The molecule has 0 heterocycles. The van der Waals surface area contributed by atoms with Crippen molar-refractivity contribution in [3.63, 3.8) is 0 Å². The molecule has 0 fully saturated rings. The quantitative estimate of drug-likeness (QED) is 0.862. The SMILES string of the molecule is COc1ccc(S(N)(=O)=O)cc1NC(=O)C(C)C(C)C. The second kappa shape index (κ2) is 6.23. The maximum absolute atomic E-state index is 12.0. The van der Waals surface area contributed by atoms with Gasteiger partial charge in [0.25, 0.3) is 0 Å². The molecular formula is C13H20N2O4S. The molecule has 6 nitrogen and oxygen atoms in total. The standard InChI is InChI=1S/C13H20N2O4S/c1-8(2)9(3)13(16)15-11-7-10(20(14,17)18)5-6-12(11)19-4/h5-9H,1-4H3,(H,15,16)(H2,14,17,18). The molecule has 1 rings (SSSR count). The molecule has 1 amide bonds. The Morgan fingerprint density at radius 1 is 1.30 bits per heavy atom. The average Bonchev–Trinajstić information content (AvgIpc) is 2.36. The summed E-state index contributed by atoms with van der Waals surface area (Å²) in [5, 5.41) is 7.75. The Bertz CT molecular complexity index is 596. The van der Waals surface area contributed by atoms with E-state index in [-0.39, 0.29) is 28.3 Å². The zero-order valence-corrected chi connectivity index (χ0v) is 12.8. The van der Waals surface area contributed by atoms with Crippen molar-refractivity contribution in [1.82, 2.24) is 0 Å². The highest BCUT2D eigenvalue weighted by molar-refractivity contribution is 7.89. The molecule has 20 heavy (non-hydrogen) atoms. The summed E-state index contributed by atoms with van der Waals surface area (Å²) >= 11 is 0. The Morgan fingerprint density at radius 2 is 1.90 bits per heavy atom. The number of carbonyl (C=O) groups excluding carboxylic acids is 1. The molecule has 0 aliphatic carbocycles. The van der Waals surface area contributed by atoms with Gasteiger partial charge in [0.2, 0.25) is 15.9 Å². The number of amides is 1. The van der Waals surface area contributed by atoms with Crippen molar-refractivity contribution in [3.05, 3.63) is 18.2 Å². The number of ether oxygens (including phenoxy) is 1. The molecule has 0 saturated heterocycles. The van der Waals surface area contributed by atoms with Crippen LogP contribution in [0.5, 0.6) is 5.75 Å². The van der Waals surface area contributed by atoms with Crippen LogP contribution in [-0.2, 0) is 14.8 Å². The Hall–Kier alpha value is -1.60. The van der Waals surface area contributed by atoms with Crippen LogP contribution in [0.3, 0.4) is 0 Å². The summed E-state index contributed by atoms with van der Waals surface area (Å²) in [6.07, 6.45) is 0. The van der Waals surface area contributed by atoms with Gasteiger partial charge in [-0.1, -0.05) is 20.8 Å². The predicted octanol–water partition coefficient (Wildman–Crippen LogP) is 1.57. The molecule has 1 atom stereocenters. The summed E-state index contributed by atoms with van der Waals surface area (Å²) in [5.41, 5.74) is 0.288. The van der Waals surface area contributed by atoms with Crippen LogP contribution in [0.15, 0.2) is 23.1 Å². The monoisotopic (exact) mass is 300 g/mol. The number of rotatable bonds is 5. The number of nitrogens with two attached hydrogens (primary N) is 1. The largest absolute Gasteiger partial charge is 0.495 e. The van der Waals surface area contributed by atoms with Gasteiger partial charge in [-0.15, -0.1) is 0 Å². The number of hydrogen-bond donors (Lipinski definition) is 2. The van der Waals surface area contributed by atoms with Gasteiger partial charge >= 0.3 is 0 Å². The Labute approximate surface area is 119 Å². The number of nitrogens with one attached hydrogen (secondary N) is 1. The number of sulfonamides is 1. The van der Waals surface area contributed by atoms with E-state index in [1.54, 1.807) is 6.92 Å². The molecule has 0 saturated carbocycles. The molecule has 0 spiro atoms. The van der Waals surface area contributed by atoms with Crippen molar-refractivity contribution in [2.75, 3.05) is 12.4 Å². The zero-order chi connectivity index (χ0) is 15.5. The summed E-state index contributed by atoms with van der Waals surface area (Å²) in [7, 11) is -2.39. The molecule has 1 unspecified atom stereocenters. The van der Waals surface area contributed by atoms with Gasteiger partial charge in [-0.25, -0.2) is 13.6 Å². The van der Waals surface area contributed by atoms with E-state index in [2.05, 4.69) is 5.32 Å². The first kappa shape index (κ1) is 16.5. The van der Waals surface area contributed by atoms with Gasteiger partial charge in [0.1, 0.15) is 5.75 Å². The van der Waals surface area contributed by atoms with E-state index in [1.807, 2.05) is 13.8 Å². The van der Waals surface area contributed by atoms with Gasteiger partial charge in [0.15, 0.2) is 0 Å². The highest BCUT2D eigenvalue weighted by Crippen LogP contribution is 2.28. The maximum atomic E-state index is 12.0. The molecule has 7 heteroatoms. The minimum atomic E-state index is -3.83. The van der Waals surface area contributed by atoms with Crippen LogP contribution in [0.4, 0.5) is 5.69 Å². The highest BCUT2D eigenvalue weighted by Gasteiger charge is 2.19. The first-order valence-electron chi connectivity index (χ1n) is 6.18. The van der Waals surface area contributed by atoms with Crippen LogP contribution in [0.1, 0.15) is 20.8 Å².